The van der Waals surface area contributed by atoms with Gasteiger partial charge < -0.3 is 9.47 Å². The Morgan fingerprint density at radius 3 is 2.27 bits per heavy atom. The Kier molecular flexibility index (Phi) is 6.02. The standard InChI is InChI=1S/C23H34O3/c1-15-9-10-16(2)19(20(21(24)25-8)26-22(3,4)5)18(15)17-11-13-23(6,7)14-12-17/h9-11,20H,12-14H2,1-8H3. The van der Waals surface area contributed by atoms with Crippen LogP contribution in [0.25, 0.3) is 5.57 Å². The quantitative estimate of drug-likeness (QED) is 0.626. The largest absolute Gasteiger partial charge is 0.467 e. The second kappa shape index (κ2) is 7.56. The highest BCUT2D eigenvalue weighted by atomic mass is 16.6. The van der Waals surface area contributed by atoms with Gasteiger partial charge in [-0.1, -0.05) is 32.1 Å². The highest BCUT2D eigenvalue weighted by molar-refractivity contribution is 5.82. The van der Waals surface area contributed by atoms with E-state index in [9.17, 15) is 4.79 Å². The number of hydrogen-bond acceptors (Lipinski definition) is 3. The van der Waals surface area contributed by atoms with Crippen molar-refractivity contribution >= 4 is 11.5 Å². The minimum atomic E-state index is -0.717. The number of carbonyl (C=O) groups excluding carboxylic acids is 1. The normalized spacial score (nSPS) is 18.2. The van der Waals surface area contributed by atoms with E-state index in [0.29, 0.717) is 5.41 Å². The van der Waals surface area contributed by atoms with Crippen molar-refractivity contribution in [3.63, 3.8) is 0 Å². The lowest BCUT2D eigenvalue weighted by atomic mass is 9.75. The van der Waals surface area contributed by atoms with Crippen molar-refractivity contribution < 1.29 is 14.3 Å². The molecule has 0 radical (unpaired) electrons. The first kappa shape index (κ1) is 20.7. The van der Waals surface area contributed by atoms with Crippen molar-refractivity contribution in [2.75, 3.05) is 7.11 Å². The molecule has 1 atom stereocenters. The topological polar surface area (TPSA) is 35.5 Å². The Balaban J connectivity index is 2.62. The summed E-state index contributed by atoms with van der Waals surface area (Å²) in [6, 6.07) is 4.21. The fourth-order valence-corrected chi connectivity index (χ4v) is 3.59. The maximum atomic E-state index is 12.6. The van der Waals surface area contributed by atoms with Gasteiger partial charge in [0.2, 0.25) is 0 Å². The zero-order valence-corrected chi connectivity index (χ0v) is 17.7. The summed E-state index contributed by atoms with van der Waals surface area (Å²) in [6.45, 7) is 14.7. The van der Waals surface area contributed by atoms with Crippen molar-refractivity contribution in [1.82, 2.24) is 0 Å². The number of aryl methyl sites for hydroxylation is 2. The van der Waals surface area contributed by atoms with Gasteiger partial charge in [0, 0.05) is 5.56 Å². The monoisotopic (exact) mass is 358 g/mol. The second-order valence-electron chi connectivity index (χ2n) is 9.22. The lowest BCUT2D eigenvalue weighted by Crippen LogP contribution is -2.29. The third-order valence-electron chi connectivity index (χ3n) is 5.11. The summed E-state index contributed by atoms with van der Waals surface area (Å²) in [6.07, 6.45) is 4.85. The van der Waals surface area contributed by atoms with E-state index in [1.807, 2.05) is 27.7 Å². The number of hydrogen-bond donors (Lipinski definition) is 0. The molecule has 3 heteroatoms. The molecule has 0 saturated carbocycles. The van der Waals surface area contributed by atoms with E-state index in [2.05, 4.69) is 39.0 Å². The Labute approximate surface area is 158 Å². The van der Waals surface area contributed by atoms with Crippen LogP contribution in [0, 0.1) is 19.3 Å². The molecule has 0 spiro atoms. The van der Waals surface area contributed by atoms with Gasteiger partial charge in [-0.2, -0.15) is 0 Å². The van der Waals surface area contributed by atoms with Crippen molar-refractivity contribution in [3.8, 4) is 0 Å². The molecule has 1 aliphatic carbocycles. The van der Waals surface area contributed by atoms with Crippen LogP contribution in [0.15, 0.2) is 18.2 Å². The molecule has 0 N–H and O–H groups in total. The summed E-state index contributed by atoms with van der Waals surface area (Å²) in [7, 11) is 1.43. The molecule has 1 aliphatic rings. The molecule has 144 valence electrons. The molecule has 0 fully saturated rings. The number of methoxy groups -OCH3 is 1. The van der Waals surface area contributed by atoms with Crippen LogP contribution in [0.3, 0.4) is 0 Å². The number of esters is 1. The number of carbonyl (C=O) groups is 1. The minimum absolute atomic E-state index is 0.338. The molecule has 26 heavy (non-hydrogen) atoms. The molecule has 1 aromatic rings. The molecule has 1 unspecified atom stereocenters. The van der Waals surface area contributed by atoms with Gasteiger partial charge in [-0.25, -0.2) is 4.79 Å². The van der Waals surface area contributed by atoms with Gasteiger partial charge in [0.1, 0.15) is 0 Å². The van der Waals surface area contributed by atoms with Crippen molar-refractivity contribution in [2.24, 2.45) is 5.41 Å². The average molecular weight is 359 g/mol. The van der Waals surface area contributed by atoms with Crippen LogP contribution < -0.4 is 0 Å². The lowest BCUT2D eigenvalue weighted by molar-refractivity contribution is -0.164. The van der Waals surface area contributed by atoms with Crippen molar-refractivity contribution in [2.45, 2.75) is 79.4 Å². The number of rotatable bonds is 4. The fraction of sp³-hybridized carbons (Fsp3) is 0.609. The van der Waals surface area contributed by atoms with Crippen LogP contribution in [0.1, 0.15) is 82.2 Å². The highest BCUT2D eigenvalue weighted by Crippen LogP contribution is 2.42. The van der Waals surface area contributed by atoms with E-state index in [1.165, 1.54) is 23.8 Å². The van der Waals surface area contributed by atoms with E-state index >= 15 is 0 Å². The summed E-state index contributed by atoms with van der Waals surface area (Å²) in [5.74, 6) is -0.341. The van der Waals surface area contributed by atoms with Crippen LogP contribution >= 0.6 is 0 Å². The Bertz CT molecular complexity index is 705. The molecule has 0 heterocycles. The summed E-state index contributed by atoms with van der Waals surface area (Å²) < 4.78 is 11.3. The highest BCUT2D eigenvalue weighted by Gasteiger charge is 2.33. The fourth-order valence-electron chi connectivity index (χ4n) is 3.59. The molecule has 0 saturated heterocycles. The predicted molar refractivity (Wildman–Crippen MR) is 107 cm³/mol. The Hall–Kier alpha value is -1.61. The van der Waals surface area contributed by atoms with Crippen molar-refractivity contribution in [1.29, 1.82) is 0 Å². The number of allylic oxidation sites excluding steroid dienone is 2. The molecule has 2 rings (SSSR count). The van der Waals surface area contributed by atoms with Gasteiger partial charge in [-0.3, -0.25) is 0 Å². The first-order valence-corrected chi connectivity index (χ1v) is 9.50. The SMILES string of the molecule is COC(=O)C(OC(C)(C)C)c1c(C)ccc(C)c1C1=CCC(C)(C)CC1. The molecular weight excluding hydrogens is 324 g/mol. The first-order valence-electron chi connectivity index (χ1n) is 9.50. The first-order chi connectivity index (χ1) is 11.9. The molecule has 0 amide bonds. The van der Waals surface area contributed by atoms with Crippen LogP contribution in [-0.2, 0) is 14.3 Å². The van der Waals surface area contributed by atoms with E-state index in [1.54, 1.807) is 0 Å². The van der Waals surface area contributed by atoms with Crippen LogP contribution in [0.2, 0.25) is 0 Å². The zero-order valence-electron chi connectivity index (χ0n) is 17.7. The van der Waals surface area contributed by atoms with Crippen molar-refractivity contribution in [3.05, 3.63) is 40.5 Å². The third kappa shape index (κ3) is 4.76. The summed E-state index contributed by atoms with van der Waals surface area (Å²) in [4.78, 5) is 12.6. The maximum Gasteiger partial charge on any atom is 0.339 e. The predicted octanol–water partition coefficient (Wildman–Crippen LogP) is 5.93. The van der Waals surface area contributed by atoms with Gasteiger partial charge >= 0.3 is 5.97 Å². The van der Waals surface area contributed by atoms with Gasteiger partial charge in [-0.05, 0) is 81.6 Å². The minimum Gasteiger partial charge on any atom is -0.467 e. The van der Waals surface area contributed by atoms with Gasteiger partial charge in [0.05, 0.1) is 12.7 Å². The molecular formula is C23H34O3. The van der Waals surface area contributed by atoms with Crippen LogP contribution in [-0.4, -0.2) is 18.7 Å². The molecule has 0 bridgehead atoms. The Morgan fingerprint density at radius 1 is 1.15 bits per heavy atom. The van der Waals surface area contributed by atoms with E-state index < -0.39 is 11.7 Å². The number of ether oxygens (including phenoxy) is 2. The smallest absolute Gasteiger partial charge is 0.339 e. The van der Waals surface area contributed by atoms with Crippen LogP contribution in [0.4, 0.5) is 0 Å². The Morgan fingerprint density at radius 2 is 1.77 bits per heavy atom. The lowest BCUT2D eigenvalue weighted by Gasteiger charge is -2.33. The zero-order chi connectivity index (χ0) is 19.7. The molecule has 0 aromatic heterocycles. The molecule has 3 nitrogen and oxygen atoms in total. The van der Waals surface area contributed by atoms with Crippen LogP contribution in [0.5, 0.6) is 0 Å². The third-order valence-corrected chi connectivity index (χ3v) is 5.11. The number of benzene rings is 1. The summed E-state index contributed by atoms with van der Waals surface area (Å²) in [5.41, 5.74) is 5.59. The van der Waals surface area contributed by atoms with Gasteiger partial charge in [-0.15, -0.1) is 0 Å². The van der Waals surface area contributed by atoms with E-state index in [0.717, 1.165) is 30.4 Å². The average Bonchev–Trinajstić information content (AvgIpc) is 2.53. The molecule has 0 aliphatic heterocycles. The summed E-state index contributed by atoms with van der Waals surface area (Å²) >= 11 is 0. The summed E-state index contributed by atoms with van der Waals surface area (Å²) in [5, 5.41) is 0. The maximum absolute atomic E-state index is 12.6. The van der Waals surface area contributed by atoms with Gasteiger partial charge in [0.25, 0.3) is 0 Å². The second-order valence-corrected chi connectivity index (χ2v) is 9.22. The molecule has 1 aromatic carbocycles. The van der Waals surface area contributed by atoms with Gasteiger partial charge in [0.15, 0.2) is 6.10 Å². The van der Waals surface area contributed by atoms with E-state index in [4.69, 9.17) is 9.47 Å². The van der Waals surface area contributed by atoms with E-state index in [-0.39, 0.29) is 5.97 Å².